The van der Waals surface area contributed by atoms with E-state index >= 15 is 0 Å². The van der Waals surface area contributed by atoms with Crippen molar-refractivity contribution in [1.29, 1.82) is 0 Å². The van der Waals surface area contributed by atoms with Gasteiger partial charge < -0.3 is 15.4 Å². The van der Waals surface area contributed by atoms with Crippen LogP contribution in [0.5, 0.6) is 5.75 Å². The number of para-hydroxylation sites is 2. The van der Waals surface area contributed by atoms with Gasteiger partial charge in [0, 0.05) is 18.2 Å². The molecule has 0 spiro atoms. The van der Waals surface area contributed by atoms with Gasteiger partial charge in [0.1, 0.15) is 24.1 Å². The van der Waals surface area contributed by atoms with Gasteiger partial charge in [-0.1, -0.05) is 42.5 Å². The van der Waals surface area contributed by atoms with Gasteiger partial charge in [0.15, 0.2) is 0 Å². The molecule has 2 amide bonds. The van der Waals surface area contributed by atoms with Gasteiger partial charge in [-0.3, -0.25) is 14.3 Å². The first-order valence-corrected chi connectivity index (χ1v) is 9.65. The number of benzene rings is 2. The number of aryl methyl sites for hydroxylation is 1. The molecule has 7 nitrogen and oxygen atoms in total. The first-order valence-electron chi connectivity index (χ1n) is 9.65. The molecule has 2 aliphatic heterocycles. The minimum atomic E-state index is -0.795. The summed E-state index contributed by atoms with van der Waals surface area (Å²) in [6.45, 7) is 0.833. The van der Waals surface area contributed by atoms with Crippen molar-refractivity contribution in [2.45, 2.75) is 24.9 Å². The number of nitrogens with zero attached hydrogens (tertiary/aromatic N) is 2. The number of amides is 2. The Hall–Kier alpha value is -3.61. The van der Waals surface area contributed by atoms with E-state index in [1.165, 1.54) is 5.56 Å². The van der Waals surface area contributed by atoms with Gasteiger partial charge in [0.25, 0.3) is 11.8 Å². The molecule has 0 aliphatic carbocycles. The van der Waals surface area contributed by atoms with Crippen LogP contribution >= 0.6 is 0 Å². The zero-order chi connectivity index (χ0) is 19.8. The largest absolute Gasteiger partial charge is 0.489 e. The zero-order valence-corrected chi connectivity index (χ0v) is 15.7. The first kappa shape index (κ1) is 17.5. The number of rotatable bonds is 3. The summed E-state index contributed by atoms with van der Waals surface area (Å²) >= 11 is 0. The third kappa shape index (κ3) is 3.24. The topological polar surface area (TPSA) is 85.3 Å². The van der Waals surface area contributed by atoms with E-state index < -0.39 is 6.04 Å². The molecule has 29 heavy (non-hydrogen) atoms. The van der Waals surface area contributed by atoms with Crippen LogP contribution in [0.2, 0.25) is 0 Å². The predicted molar refractivity (Wildman–Crippen MR) is 107 cm³/mol. The van der Waals surface area contributed by atoms with Crippen LogP contribution in [0.3, 0.4) is 0 Å². The van der Waals surface area contributed by atoms with Gasteiger partial charge in [-0.05, 0) is 30.2 Å². The molecule has 0 saturated carbocycles. The van der Waals surface area contributed by atoms with Crippen LogP contribution in [0.25, 0.3) is 0 Å². The van der Waals surface area contributed by atoms with Crippen LogP contribution < -0.4 is 15.4 Å². The van der Waals surface area contributed by atoms with Gasteiger partial charge >= 0.3 is 0 Å². The number of aromatic nitrogens is 2. The molecule has 2 aliphatic rings. The number of fused-ring (bicyclic) bond motifs is 2. The molecule has 7 heteroatoms. The minimum Gasteiger partial charge on any atom is -0.489 e. The third-order valence-electron chi connectivity index (χ3n) is 5.40. The maximum atomic E-state index is 12.8. The molecule has 2 N–H and O–H groups in total. The SMILES string of the molecule is O=C(N[C@H]1COc2ccccc2NC1=O)c1cc2n(n1)CC[C@@H]2c1ccccc1. The minimum absolute atomic E-state index is 0.0643. The van der Waals surface area contributed by atoms with Crippen molar-refractivity contribution in [3.63, 3.8) is 0 Å². The Balaban J connectivity index is 1.32. The van der Waals surface area contributed by atoms with Crippen molar-refractivity contribution in [1.82, 2.24) is 15.1 Å². The molecule has 0 radical (unpaired) electrons. The van der Waals surface area contributed by atoms with Crippen molar-refractivity contribution in [2.24, 2.45) is 0 Å². The van der Waals surface area contributed by atoms with Crippen LogP contribution in [-0.2, 0) is 11.3 Å². The summed E-state index contributed by atoms with van der Waals surface area (Å²) in [6.07, 6.45) is 0.964. The number of ether oxygens (including phenoxy) is 1. The molecule has 0 bridgehead atoms. The maximum Gasteiger partial charge on any atom is 0.272 e. The molecular formula is C22H20N4O3. The van der Waals surface area contributed by atoms with Crippen molar-refractivity contribution < 1.29 is 14.3 Å². The average molecular weight is 388 g/mol. The smallest absolute Gasteiger partial charge is 0.272 e. The number of carbonyl (C=O) groups is 2. The fourth-order valence-electron chi connectivity index (χ4n) is 3.93. The summed E-state index contributed by atoms with van der Waals surface area (Å²) in [5.74, 6) is 0.124. The number of nitrogens with one attached hydrogen (secondary N) is 2. The van der Waals surface area contributed by atoms with Crippen LogP contribution in [-0.4, -0.2) is 34.2 Å². The second-order valence-corrected chi connectivity index (χ2v) is 7.25. The standard InChI is InChI=1S/C22H20N4O3/c27-21(24-18-13-29-20-9-5-4-8-16(20)23-22(18)28)17-12-19-15(10-11-26(19)25-17)14-6-2-1-3-7-14/h1-9,12,15,18H,10-11,13H2,(H,23,28)(H,24,27)/t15-,18+/m1/s1. The molecule has 0 unspecified atom stereocenters. The van der Waals surface area contributed by atoms with E-state index in [-0.39, 0.29) is 24.3 Å². The lowest BCUT2D eigenvalue weighted by Gasteiger charge is -2.14. The van der Waals surface area contributed by atoms with Gasteiger partial charge in [0.2, 0.25) is 0 Å². The highest BCUT2D eigenvalue weighted by Crippen LogP contribution is 2.34. The Labute approximate surface area is 167 Å². The Morgan fingerprint density at radius 1 is 1.14 bits per heavy atom. The van der Waals surface area contributed by atoms with Crippen LogP contribution in [0.4, 0.5) is 5.69 Å². The summed E-state index contributed by atoms with van der Waals surface area (Å²) in [7, 11) is 0. The van der Waals surface area contributed by atoms with E-state index in [9.17, 15) is 9.59 Å². The molecule has 3 heterocycles. The lowest BCUT2D eigenvalue weighted by Crippen LogP contribution is -2.46. The molecule has 0 saturated heterocycles. The zero-order valence-electron chi connectivity index (χ0n) is 15.7. The van der Waals surface area contributed by atoms with Gasteiger partial charge in [-0.2, -0.15) is 5.10 Å². The number of hydrogen-bond donors (Lipinski definition) is 2. The first-order chi connectivity index (χ1) is 14.2. The highest BCUT2D eigenvalue weighted by Gasteiger charge is 2.30. The Kier molecular flexibility index (Phi) is 4.27. The van der Waals surface area contributed by atoms with E-state index in [0.717, 1.165) is 18.7 Å². The second kappa shape index (κ2) is 7.09. The average Bonchev–Trinajstić information content (AvgIpc) is 3.29. The van der Waals surface area contributed by atoms with Crippen LogP contribution in [0.1, 0.15) is 34.1 Å². The van der Waals surface area contributed by atoms with Gasteiger partial charge in [0.05, 0.1) is 5.69 Å². The van der Waals surface area contributed by atoms with E-state index in [4.69, 9.17) is 4.74 Å². The van der Waals surface area contributed by atoms with Crippen molar-refractivity contribution in [3.8, 4) is 5.75 Å². The Bertz CT molecular complexity index is 1080. The molecule has 2 atom stereocenters. The summed E-state index contributed by atoms with van der Waals surface area (Å²) in [6, 6.07) is 18.4. The predicted octanol–water partition coefficient (Wildman–Crippen LogP) is 2.55. The van der Waals surface area contributed by atoms with Crippen molar-refractivity contribution >= 4 is 17.5 Å². The molecule has 2 aromatic carbocycles. The highest BCUT2D eigenvalue weighted by molar-refractivity contribution is 6.01. The van der Waals surface area contributed by atoms with Crippen LogP contribution in [0, 0.1) is 0 Å². The van der Waals surface area contributed by atoms with E-state index in [1.54, 1.807) is 12.1 Å². The van der Waals surface area contributed by atoms with E-state index in [0.29, 0.717) is 17.1 Å². The second-order valence-electron chi connectivity index (χ2n) is 7.25. The molecular weight excluding hydrogens is 368 g/mol. The van der Waals surface area contributed by atoms with E-state index in [1.807, 2.05) is 41.1 Å². The third-order valence-corrected chi connectivity index (χ3v) is 5.40. The molecule has 5 rings (SSSR count). The van der Waals surface area contributed by atoms with Crippen LogP contribution in [0.15, 0.2) is 60.7 Å². The Morgan fingerprint density at radius 3 is 2.79 bits per heavy atom. The number of carbonyl (C=O) groups excluding carboxylic acids is 2. The van der Waals surface area contributed by atoms with Gasteiger partial charge in [-0.15, -0.1) is 0 Å². The lowest BCUT2D eigenvalue weighted by molar-refractivity contribution is -0.118. The monoisotopic (exact) mass is 388 g/mol. The van der Waals surface area contributed by atoms with Crippen molar-refractivity contribution in [3.05, 3.63) is 77.6 Å². The maximum absolute atomic E-state index is 12.8. The number of hydrogen-bond acceptors (Lipinski definition) is 4. The fourth-order valence-corrected chi connectivity index (χ4v) is 3.93. The quantitative estimate of drug-likeness (QED) is 0.722. The highest BCUT2D eigenvalue weighted by atomic mass is 16.5. The number of anilines is 1. The van der Waals surface area contributed by atoms with E-state index in [2.05, 4.69) is 27.9 Å². The fraction of sp³-hybridized carbons (Fsp3) is 0.227. The summed E-state index contributed by atoms with van der Waals surface area (Å²) < 4.78 is 7.56. The van der Waals surface area contributed by atoms with Crippen molar-refractivity contribution in [2.75, 3.05) is 11.9 Å². The summed E-state index contributed by atoms with van der Waals surface area (Å²) in [5.41, 5.74) is 3.15. The normalized spacial score (nSPS) is 20.1. The summed E-state index contributed by atoms with van der Waals surface area (Å²) in [5, 5.41) is 10.00. The molecule has 146 valence electrons. The Morgan fingerprint density at radius 2 is 1.93 bits per heavy atom. The molecule has 3 aromatic rings. The van der Waals surface area contributed by atoms with Gasteiger partial charge in [-0.25, -0.2) is 0 Å². The lowest BCUT2D eigenvalue weighted by atomic mass is 9.95. The molecule has 1 aromatic heterocycles. The summed E-state index contributed by atoms with van der Waals surface area (Å²) in [4.78, 5) is 25.3. The molecule has 0 fully saturated rings.